The molecule has 1 aromatic heterocycles. The van der Waals surface area contributed by atoms with E-state index >= 15 is 0 Å². The summed E-state index contributed by atoms with van der Waals surface area (Å²) >= 11 is 0. The average Bonchev–Trinajstić information content (AvgIpc) is 3.21. The first-order valence-electron chi connectivity index (χ1n) is 9.83. The third kappa shape index (κ3) is 4.95. The van der Waals surface area contributed by atoms with Crippen molar-refractivity contribution in [3.8, 4) is 28.8 Å². The van der Waals surface area contributed by atoms with Gasteiger partial charge in [0.2, 0.25) is 0 Å². The number of aromatic nitrogens is 2. The molecule has 0 atom stereocenters. The highest BCUT2D eigenvalue weighted by Crippen LogP contribution is 2.28. The predicted octanol–water partition coefficient (Wildman–Crippen LogP) is 4.80. The number of nitrogens with zero attached hydrogens (tertiary/aromatic N) is 3. The summed E-state index contributed by atoms with van der Waals surface area (Å²) in [6.07, 6.45) is 4.21. The first-order valence-corrected chi connectivity index (χ1v) is 9.83. The van der Waals surface area contributed by atoms with Crippen molar-refractivity contribution in [1.82, 2.24) is 9.78 Å². The fourth-order valence-electron chi connectivity index (χ4n) is 2.88. The molecule has 0 aliphatic rings. The van der Waals surface area contributed by atoms with Crippen LogP contribution in [0, 0.1) is 11.3 Å². The highest BCUT2D eigenvalue weighted by molar-refractivity contribution is 5.98. The van der Waals surface area contributed by atoms with Gasteiger partial charge in [-0.15, -0.1) is 0 Å². The highest BCUT2D eigenvalue weighted by Gasteiger charge is 2.16. The van der Waals surface area contributed by atoms with Gasteiger partial charge in [-0.2, -0.15) is 10.4 Å². The molecule has 30 heavy (non-hydrogen) atoms. The molecule has 0 radical (unpaired) electrons. The first kappa shape index (κ1) is 20.9. The Labute approximate surface area is 176 Å². The maximum absolute atomic E-state index is 12.1. The van der Waals surface area contributed by atoms with Crippen molar-refractivity contribution < 1.29 is 14.3 Å². The number of carbonyl (C=O) groups excluding carboxylic acids is 1. The molecule has 6 heteroatoms. The number of para-hydroxylation sites is 1. The molecule has 0 unspecified atom stereocenters. The molecule has 0 fully saturated rings. The first-order chi connectivity index (χ1) is 14.7. The van der Waals surface area contributed by atoms with Crippen molar-refractivity contribution in [3.63, 3.8) is 0 Å². The Bertz CT molecular complexity index is 1080. The second kappa shape index (κ2) is 10.1. The number of hydrogen-bond donors (Lipinski definition) is 0. The van der Waals surface area contributed by atoms with Gasteiger partial charge in [-0.25, -0.2) is 9.48 Å². The molecule has 3 aromatic rings. The molecular weight excluding hydrogens is 378 g/mol. The van der Waals surface area contributed by atoms with E-state index in [1.807, 2.05) is 67.6 Å². The van der Waals surface area contributed by atoms with Gasteiger partial charge in [0, 0.05) is 17.3 Å². The number of hydrogen-bond acceptors (Lipinski definition) is 5. The molecule has 2 aromatic carbocycles. The molecule has 3 rings (SSSR count). The molecule has 0 N–H and O–H groups in total. The van der Waals surface area contributed by atoms with Crippen LogP contribution in [0.1, 0.15) is 25.8 Å². The third-order valence-electron chi connectivity index (χ3n) is 4.26. The van der Waals surface area contributed by atoms with E-state index in [0.29, 0.717) is 17.9 Å². The molecule has 0 amide bonds. The zero-order valence-electron chi connectivity index (χ0n) is 17.0. The van der Waals surface area contributed by atoms with Crippen LogP contribution in [-0.2, 0) is 9.53 Å². The van der Waals surface area contributed by atoms with Crippen molar-refractivity contribution in [3.05, 3.63) is 71.9 Å². The van der Waals surface area contributed by atoms with Crippen molar-refractivity contribution in [2.24, 2.45) is 0 Å². The number of nitriles is 1. The quantitative estimate of drug-likeness (QED) is 0.308. The van der Waals surface area contributed by atoms with Crippen molar-refractivity contribution in [2.45, 2.75) is 20.3 Å². The summed E-state index contributed by atoms with van der Waals surface area (Å²) in [5.74, 6) is 0.0860. The number of carbonyl (C=O) groups is 1. The minimum Gasteiger partial charge on any atom is -0.494 e. The molecule has 1 heterocycles. The summed E-state index contributed by atoms with van der Waals surface area (Å²) in [6, 6.07) is 19.2. The lowest BCUT2D eigenvalue weighted by atomic mass is 10.1. The smallest absolute Gasteiger partial charge is 0.348 e. The van der Waals surface area contributed by atoms with E-state index in [1.165, 1.54) is 6.08 Å². The molecule has 0 bridgehead atoms. The predicted molar refractivity (Wildman–Crippen MR) is 115 cm³/mol. The summed E-state index contributed by atoms with van der Waals surface area (Å²) in [5, 5.41) is 14.2. The maximum atomic E-state index is 12.1. The summed E-state index contributed by atoms with van der Waals surface area (Å²) < 4.78 is 12.5. The zero-order valence-corrected chi connectivity index (χ0v) is 17.0. The lowest BCUT2D eigenvalue weighted by Gasteiger charge is -2.06. The van der Waals surface area contributed by atoms with E-state index in [1.54, 1.807) is 17.8 Å². The van der Waals surface area contributed by atoms with Crippen molar-refractivity contribution >= 4 is 12.0 Å². The highest BCUT2D eigenvalue weighted by atomic mass is 16.5. The van der Waals surface area contributed by atoms with Crippen LogP contribution in [0.5, 0.6) is 5.75 Å². The fraction of sp³-hybridized carbons (Fsp3) is 0.208. The summed E-state index contributed by atoms with van der Waals surface area (Å²) in [7, 11) is 0. The Morgan fingerprint density at radius 1 is 1.17 bits per heavy atom. The van der Waals surface area contributed by atoms with Crippen LogP contribution >= 0.6 is 0 Å². The van der Waals surface area contributed by atoms with Crippen LogP contribution in [0.15, 0.2) is 66.4 Å². The van der Waals surface area contributed by atoms with Crippen LogP contribution in [0.2, 0.25) is 0 Å². The molecular formula is C24H23N3O3. The second-order valence-corrected chi connectivity index (χ2v) is 6.48. The van der Waals surface area contributed by atoms with Gasteiger partial charge in [-0.3, -0.25) is 0 Å². The topological polar surface area (TPSA) is 77.1 Å². The van der Waals surface area contributed by atoms with E-state index in [9.17, 15) is 10.1 Å². The number of ether oxygens (including phenoxy) is 2. The van der Waals surface area contributed by atoms with Gasteiger partial charge < -0.3 is 9.47 Å². The van der Waals surface area contributed by atoms with Crippen LogP contribution in [0.4, 0.5) is 0 Å². The molecule has 0 aliphatic carbocycles. The van der Waals surface area contributed by atoms with Gasteiger partial charge in [0.1, 0.15) is 23.1 Å². The van der Waals surface area contributed by atoms with E-state index in [-0.39, 0.29) is 12.2 Å². The maximum Gasteiger partial charge on any atom is 0.348 e. The molecule has 0 saturated heterocycles. The van der Waals surface area contributed by atoms with Crippen LogP contribution < -0.4 is 4.74 Å². The summed E-state index contributed by atoms with van der Waals surface area (Å²) in [4.78, 5) is 12.1. The third-order valence-corrected chi connectivity index (χ3v) is 4.26. The van der Waals surface area contributed by atoms with E-state index in [2.05, 4.69) is 0 Å². The number of benzene rings is 2. The van der Waals surface area contributed by atoms with E-state index in [0.717, 1.165) is 23.4 Å². The minimum atomic E-state index is -0.654. The van der Waals surface area contributed by atoms with E-state index in [4.69, 9.17) is 14.6 Å². The largest absolute Gasteiger partial charge is 0.494 e. The minimum absolute atomic E-state index is 0.0795. The second-order valence-electron chi connectivity index (χ2n) is 6.48. The molecule has 0 spiro atoms. The van der Waals surface area contributed by atoms with Crippen LogP contribution in [0.3, 0.4) is 0 Å². The normalized spacial score (nSPS) is 11.0. The van der Waals surface area contributed by atoms with Gasteiger partial charge in [0.25, 0.3) is 0 Å². The Morgan fingerprint density at radius 2 is 1.97 bits per heavy atom. The van der Waals surface area contributed by atoms with Crippen LogP contribution in [-0.4, -0.2) is 29.0 Å². The lowest BCUT2D eigenvalue weighted by molar-refractivity contribution is -0.137. The van der Waals surface area contributed by atoms with Gasteiger partial charge in [-0.05, 0) is 43.7 Å². The molecule has 152 valence electrons. The monoisotopic (exact) mass is 401 g/mol. The number of rotatable bonds is 8. The van der Waals surface area contributed by atoms with E-state index < -0.39 is 5.97 Å². The Kier molecular flexibility index (Phi) is 7.01. The fourth-order valence-corrected chi connectivity index (χ4v) is 2.88. The zero-order chi connectivity index (χ0) is 21.3. The van der Waals surface area contributed by atoms with Gasteiger partial charge in [0.05, 0.1) is 18.9 Å². The molecule has 0 saturated carbocycles. The SMILES string of the molecule is CCCOc1cccc(-c2nn(-c3ccccc3)cc2C=C(C#N)C(=O)OCC)c1. The van der Waals surface area contributed by atoms with Gasteiger partial charge >= 0.3 is 5.97 Å². The number of esters is 1. The Balaban J connectivity index is 2.10. The average molecular weight is 401 g/mol. The molecule has 0 aliphatic heterocycles. The van der Waals surface area contributed by atoms with Crippen molar-refractivity contribution in [2.75, 3.05) is 13.2 Å². The lowest BCUT2D eigenvalue weighted by Crippen LogP contribution is -2.06. The Morgan fingerprint density at radius 3 is 2.67 bits per heavy atom. The molecule has 6 nitrogen and oxygen atoms in total. The van der Waals surface area contributed by atoms with Crippen LogP contribution in [0.25, 0.3) is 23.0 Å². The summed E-state index contributed by atoms with van der Waals surface area (Å²) in [5.41, 5.74) is 2.88. The summed E-state index contributed by atoms with van der Waals surface area (Å²) in [6.45, 7) is 4.57. The Hall–Kier alpha value is -3.85. The standard InChI is InChI=1S/C24H23N3O3/c1-3-13-30-22-12-8-9-18(15-22)23-20(14-19(16-25)24(28)29-4-2)17-27(26-23)21-10-6-5-7-11-21/h5-12,14-15,17H,3-4,13H2,1-2H3. The van der Waals surface area contributed by atoms with Gasteiger partial charge in [0.15, 0.2) is 0 Å². The van der Waals surface area contributed by atoms with Crippen molar-refractivity contribution in [1.29, 1.82) is 5.26 Å². The van der Waals surface area contributed by atoms with Gasteiger partial charge in [-0.1, -0.05) is 37.3 Å².